The van der Waals surface area contributed by atoms with E-state index < -0.39 is 12.1 Å². The number of benzene rings is 2. The highest BCUT2D eigenvalue weighted by molar-refractivity contribution is 5.97. The van der Waals surface area contributed by atoms with E-state index in [1.807, 2.05) is 32.6 Å². The molecule has 4 rings (SSSR count). The molecule has 0 aliphatic carbocycles. The predicted octanol–water partition coefficient (Wildman–Crippen LogP) is 4.24. The van der Waals surface area contributed by atoms with Crippen LogP contribution in [-0.2, 0) is 0 Å². The average Bonchev–Trinajstić information content (AvgIpc) is 3.39. The molecule has 1 fully saturated rings. The highest BCUT2D eigenvalue weighted by atomic mass is 19.1. The largest absolute Gasteiger partial charge is 0.488 e. The number of anilines is 3. The Morgan fingerprint density at radius 2 is 1.80 bits per heavy atom. The fraction of sp³-hybridized carbons (Fsp3) is 0.400. The number of halogens is 1. The first-order valence-corrected chi connectivity index (χ1v) is 11.6. The number of nitrogens with two attached hydrogens (primary N) is 1. The van der Waals surface area contributed by atoms with Gasteiger partial charge in [0.15, 0.2) is 0 Å². The number of alkyl halides is 1. The van der Waals surface area contributed by atoms with E-state index in [-0.39, 0.29) is 23.7 Å². The van der Waals surface area contributed by atoms with Crippen LogP contribution in [0.1, 0.15) is 44.5 Å². The van der Waals surface area contributed by atoms with Gasteiger partial charge in [0.05, 0.1) is 0 Å². The lowest BCUT2D eigenvalue weighted by atomic mass is 10.1. The van der Waals surface area contributed by atoms with Crippen molar-refractivity contribution in [1.82, 2.24) is 19.7 Å². The van der Waals surface area contributed by atoms with Gasteiger partial charge in [-0.3, -0.25) is 9.69 Å². The summed E-state index contributed by atoms with van der Waals surface area (Å²) in [6, 6.07) is 14.0. The number of nitrogen functional groups attached to an aromatic ring is 1. The molecule has 1 saturated heterocycles. The highest BCUT2D eigenvalue weighted by Gasteiger charge is 2.26. The zero-order chi connectivity index (χ0) is 25.2. The molecule has 10 heteroatoms. The number of nitrogens with zero attached hydrogens (tertiary/aromatic N) is 4. The molecule has 2 heterocycles. The van der Waals surface area contributed by atoms with Crippen LogP contribution in [-0.4, -0.2) is 56.7 Å². The number of likely N-dealkylation sites (tertiary alicyclic amines) is 1. The summed E-state index contributed by atoms with van der Waals surface area (Å²) in [5, 5.41) is 7.25. The van der Waals surface area contributed by atoms with E-state index in [9.17, 15) is 9.18 Å². The molecule has 2 aromatic carbocycles. The van der Waals surface area contributed by atoms with Crippen molar-refractivity contribution in [1.29, 1.82) is 0 Å². The molecule has 1 aromatic heterocycles. The van der Waals surface area contributed by atoms with E-state index >= 15 is 0 Å². The van der Waals surface area contributed by atoms with Crippen molar-refractivity contribution in [2.24, 2.45) is 0 Å². The van der Waals surface area contributed by atoms with Crippen molar-refractivity contribution in [2.45, 2.75) is 52.1 Å². The van der Waals surface area contributed by atoms with Crippen LogP contribution in [0.5, 0.6) is 11.5 Å². The van der Waals surface area contributed by atoms with Gasteiger partial charge in [-0.15, -0.1) is 5.10 Å². The summed E-state index contributed by atoms with van der Waals surface area (Å²) < 4.78 is 26.2. The summed E-state index contributed by atoms with van der Waals surface area (Å²) in [7, 11) is 0. The van der Waals surface area contributed by atoms with E-state index in [4.69, 9.17) is 15.2 Å². The lowest BCUT2D eigenvalue weighted by Crippen LogP contribution is -2.35. The van der Waals surface area contributed by atoms with E-state index in [2.05, 4.69) is 15.4 Å². The van der Waals surface area contributed by atoms with E-state index in [1.54, 1.807) is 48.5 Å². The Balaban J connectivity index is 1.38. The van der Waals surface area contributed by atoms with Crippen molar-refractivity contribution in [2.75, 3.05) is 24.1 Å². The molecular formula is C25H31FN6O3. The van der Waals surface area contributed by atoms with Gasteiger partial charge in [-0.05, 0) is 82.6 Å². The summed E-state index contributed by atoms with van der Waals surface area (Å²) in [6.45, 7) is 8.85. The predicted molar refractivity (Wildman–Crippen MR) is 132 cm³/mol. The second-order valence-electron chi connectivity index (χ2n) is 9.50. The molecule has 3 aromatic rings. The molecule has 9 nitrogen and oxygen atoms in total. The second kappa shape index (κ2) is 9.91. The Morgan fingerprint density at radius 3 is 2.40 bits per heavy atom. The third-order valence-electron chi connectivity index (χ3n) is 5.44. The summed E-state index contributed by atoms with van der Waals surface area (Å²) in [5.41, 5.74) is 6.71. The lowest BCUT2D eigenvalue weighted by Gasteiger charge is -2.24. The summed E-state index contributed by atoms with van der Waals surface area (Å²) >= 11 is 0. The normalized spacial score (nSPS) is 17.2. The highest BCUT2D eigenvalue weighted by Crippen LogP contribution is 2.23. The molecule has 0 spiro atoms. The number of carbonyl (C=O) groups excluding carboxylic acids is 1. The molecule has 1 aliphatic heterocycles. The van der Waals surface area contributed by atoms with Crippen LogP contribution in [0.25, 0.3) is 0 Å². The van der Waals surface area contributed by atoms with Gasteiger partial charge in [0, 0.05) is 24.3 Å². The molecule has 0 amide bonds. The van der Waals surface area contributed by atoms with Crippen molar-refractivity contribution in [3.8, 4) is 11.5 Å². The Bertz CT molecular complexity index is 1160. The van der Waals surface area contributed by atoms with Gasteiger partial charge in [-0.1, -0.05) is 0 Å². The van der Waals surface area contributed by atoms with Gasteiger partial charge in [0.1, 0.15) is 29.5 Å². The van der Waals surface area contributed by atoms with E-state index in [1.165, 1.54) is 0 Å². The summed E-state index contributed by atoms with van der Waals surface area (Å²) in [6.07, 6.45) is -0.466. The van der Waals surface area contributed by atoms with Crippen LogP contribution < -0.4 is 20.5 Å². The molecule has 2 unspecified atom stereocenters. The maximum absolute atomic E-state index is 13.4. The van der Waals surface area contributed by atoms with Crippen molar-refractivity contribution < 1.29 is 18.7 Å². The van der Waals surface area contributed by atoms with Crippen LogP contribution in [0.4, 0.5) is 22.0 Å². The maximum atomic E-state index is 13.4. The van der Waals surface area contributed by atoms with Crippen LogP contribution >= 0.6 is 0 Å². The molecule has 0 radical (unpaired) electrons. The van der Waals surface area contributed by atoms with Crippen molar-refractivity contribution >= 4 is 23.5 Å². The number of hydrogen-bond donors (Lipinski definition) is 2. The molecule has 0 bridgehead atoms. The lowest BCUT2D eigenvalue weighted by molar-refractivity contribution is 0.0542. The minimum atomic E-state index is -0.791. The number of aromatic nitrogens is 3. The van der Waals surface area contributed by atoms with Crippen molar-refractivity contribution in [3.05, 3.63) is 54.1 Å². The van der Waals surface area contributed by atoms with Gasteiger partial charge in [-0.2, -0.15) is 9.67 Å². The zero-order valence-corrected chi connectivity index (χ0v) is 20.4. The molecule has 2 atom stereocenters. The van der Waals surface area contributed by atoms with Crippen LogP contribution in [0, 0.1) is 0 Å². The Hall–Kier alpha value is -3.66. The first kappa shape index (κ1) is 24.5. The van der Waals surface area contributed by atoms with E-state index in [0.717, 1.165) is 4.68 Å². The Labute approximate surface area is 204 Å². The standard InChI is InChI=1S/C25H31FN6O3/c1-16(31-14-13-18(26)15-31)34-20-11-7-19(8-12-20)28-24-29-23(27)32(30-24)22(33)17-5-9-21(10-6-17)35-25(2,3)4/h5-12,16,18H,13-15H2,1-4H3,(H3,27,28,29,30). The summed E-state index contributed by atoms with van der Waals surface area (Å²) in [4.78, 5) is 19.0. The minimum Gasteiger partial charge on any atom is -0.488 e. The molecule has 186 valence electrons. The Morgan fingerprint density at radius 1 is 1.14 bits per heavy atom. The Kier molecular flexibility index (Phi) is 6.93. The average molecular weight is 483 g/mol. The van der Waals surface area contributed by atoms with Crippen LogP contribution in [0.2, 0.25) is 0 Å². The number of ether oxygens (including phenoxy) is 2. The molecule has 0 saturated carbocycles. The van der Waals surface area contributed by atoms with Crippen molar-refractivity contribution in [3.63, 3.8) is 0 Å². The topological polar surface area (TPSA) is 108 Å². The number of hydrogen-bond acceptors (Lipinski definition) is 8. The minimum absolute atomic E-state index is 0.0296. The fourth-order valence-electron chi connectivity index (χ4n) is 3.76. The molecule has 3 N–H and O–H groups in total. The summed E-state index contributed by atoms with van der Waals surface area (Å²) in [5.74, 6) is 1.09. The molecule has 35 heavy (non-hydrogen) atoms. The molecular weight excluding hydrogens is 451 g/mol. The van der Waals surface area contributed by atoms with Gasteiger partial charge < -0.3 is 20.5 Å². The molecule has 1 aliphatic rings. The second-order valence-corrected chi connectivity index (χ2v) is 9.50. The van der Waals surface area contributed by atoms with Gasteiger partial charge in [-0.25, -0.2) is 4.39 Å². The van der Waals surface area contributed by atoms with Gasteiger partial charge >= 0.3 is 0 Å². The third-order valence-corrected chi connectivity index (χ3v) is 5.44. The van der Waals surface area contributed by atoms with Gasteiger partial charge in [0.2, 0.25) is 11.9 Å². The first-order valence-electron chi connectivity index (χ1n) is 11.6. The van der Waals surface area contributed by atoms with E-state index in [0.29, 0.717) is 42.3 Å². The monoisotopic (exact) mass is 482 g/mol. The SMILES string of the molecule is CC(Oc1ccc(Nc2nc(N)n(C(=O)c3ccc(OC(C)(C)C)cc3)n2)cc1)N1CCC(F)C1. The van der Waals surface area contributed by atoms with Crippen LogP contribution in [0.15, 0.2) is 48.5 Å². The number of carbonyl (C=O) groups is 1. The quantitative estimate of drug-likeness (QED) is 0.515. The first-order chi connectivity index (χ1) is 16.6. The number of nitrogens with one attached hydrogen (secondary N) is 1. The fourth-order valence-corrected chi connectivity index (χ4v) is 3.76. The zero-order valence-electron chi connectivity index (χ0n) is 20.4. The third kappa shape index (κ3) is 6.27. The smallest absolute Gasteiger partial charge is 0.281 e. The maximum Gasteiger partial charge on any atom is 0.281 e. The number of rotatable bonds is 7. The van der Waals surface area contributed by atoms with Crippen LogP contribution in [0.3, 0.4) is 0 Å². The van der Waals surface area contributed by atoms with Gasteiger partial charge in [0.25, 0.3) is 5.91 Å².